The van der Waals surface area contributed by atoms with Crippen molar-refractivity contribution in [1.82, 2.24) is 5.32 Å². The fraction of sp³-hybridized carbons (Fsp3) is 0.647. The zero-order valence-electron chi connectivity index (χ0n) is 13.3. The van der Waals surface area contributed by atoms with E-state index in [-0.39, 0.29) is 5.92 Å². The predicted molar refractivity (Wildman–Crippen MR) is 91.0 cm³/mol. The number of methoxy groups -OCH3 is 1. The van der Waals surface area contributed by atoms with Gasteiger partial charge in [-0.1, -0.05) is 25.5 Å². The van der Waals surface area contributed by atoms with Gasteiger partial charge in [-0.3, -0.25) is 0 Å². The number of piperidine rings is 1. The third-order valence-electron chi connectivity index (χ3n) is 4.33. The minimum Gasteiger partial charge on any atom is -0.484 e. The predicted octanol–water partition coefficient (Wildman–Crippen LogP) is 3.33. The molecule has 0 bridgehead atoms. The summed E-state index contributed by atoms with van der Waals surface area (Å²) >= 11 is 3.50. The fourth-order valence-electron chi connectivity index (χ4n) is 3.07. The first-order valence-corrected chi connectivity index (χ1v) is 8.80. The molecule has 1 aliphatic rings. The van der Waals surface area contributed by atoms with E-state index in [0.29, 0.717) is 0 Å². The van der Waals surface area contributed by atoms with Gasteiger partial charge in [-0.2, -0.15) is 0 Å². The summed E-state index contributed by atoms with van der Waals surface area (Å²) in [5.41, 5.74) is 0. The largest absolute Gasteiger partial charge is 0.484 e. The van der Waals surface area contributed by atoms with Crippen LogP contribution in [0.1, 0.15) is 32.6 Å². The van der Waals surface area contributed by atoms with Gasteiger partial charge in [0.15, 0.2) is 6.10 Å². The number of halogens is 1. The summed E-state index contributed by atoms with van der Waals surface area (Å²) in [6.45, 7) is 3.84. The summed E-state index contributed by atoms with van der Waals surface area (Å²) in [7, 11) is 1.57. The molecular formula is C17H26BrNO3. The van der Waals surface area contributed by atoms with Gasteiger partial charge in [-0.15, -0.1) is 0 Å². The monoisotopic (exact) mass is 371 g/mol. The molecule has 0 spiro atoms. The van der Waals surface area contributed by atoms with E-state index in [4.69, 9.17) is 9.47 Å². The lowest BCUT2D eigenvalue weighted by molar-refractivity contribution is -0.270. The van der Waals surface area contributed by atoms with Crippen LogP contribution in [-0.2, 0) is 4.74 Å². The molecule has 1 saturated heterocycles. The van der Waals surface area contributed by atoms with Crippen LogP contribution in [0.2, 0.25) is 0 Å². The summed E-state index contributed by atoms with van der Waals surface area (Å²) in [5, 5.41) is 14.5. The van der Waals surface area contributed by atoms with Gasteiger partial charge < -0.3 is 19.9 Å². The van der Waals surface area contributed by atoms with Gasteiger partial charge in [0.05, 0.1) is 4.47 Å². The minimum absolute atomic E-state index is 0.0327. The van der Waals surface area contributed by atoms with E-state index in [1.165, 1.54) is 0 Å². The first-order chi connectivity index (χ1) is 10.6. The second kappa shape index (κ2) is 8.29. The molecule has 0 saturated carbocycles. The maximum absolute atomic E-state index is 11.2. The molecule has 0 aliphatic carbocycles. The highest BCUT2D eigenvalue weighted by molar-refractivity contribution is 9.10. The zero-order chi connectivity index (χ0) is 16.0. The van der Waals surface area contributed by atoms with Gasteiger partial charge in [0.2, 0.25) is 5.79 Å². The topological polar surface area (TPSA) is 50.7 Å². The molecule has 4 nitrogen and oxygen atoms in total. The van der Waals surface area contributed by atoms with E-state index in [9.17, 15) is 5.11 Å². The lowest BCUT2D eigenvalue weighted by atomic mass is 9.85. The second-order valence-corrected chi connectivity index (χ2v) is 6.68. The van der Waals surface area contributed by atoms with Gasteiger partial charge in [0, 0.05) is 19.6 Å². The molecule has 1 aromatic carbocycles. The van der Waals surface area contributed by atoms with Crippen LogP contribution >= 0.6 is 15.9 Å². The molecule has 2 unspecified atom stereocenters. The number of hydrogen-bond acceptors (Lipinski definition) is 4. The number of hydrogen-bond donors (Lipinski definition) is 2. The van der Waals surface area contributed by atoms with Crippen molar-refractivity contribution in [3.05, 3.63) is 28.7 Å². The Kier molecular flexibility index (Phi) is 6.68. The summed E-state index contributed by atoms with van der Waals surface area (Å²) in [5.74, 6) is -0.510. The lowest BCUT2D eigenvalue weighted by Gasteiger charge is -2.42. The molecule has 22 heavy (non-hydrogen) atoms. The Morgan fingerprint density at radius 3 is 2.82 bits per heavy atom. The average Bonchev–Trinajstić information content (AvgIpc) is 2.56. The summed E-state index contributed by atoms with van der Waals surface area (Å²) < 4.78 is 12.6. The molecule has 0 amide bonds. The number of aliphatic hydroxyl groups is 1. The van der Waals surface area contributed by atoms with Crippen molar-refractivity contribution >= 4 is 15.9 Å². The third kappa shape index (κ3) is 4.02. The van der Waals surface area contributed by atoms with Crippen molar-refractivity contribution in [2.75, 3.05) is 20.2 Å². The van der Waals surface area contributed by atoms with E-state index in [1.807, 2.05) is 24.3 Å². The Balaban J connectivity index is 2.21. The van der Waals surface area contributed by atoms with Crippen LogP contribution in [0.3, 0.4) is 0 Å². The van der Waals surface area contributed by atoms with E-state index >= 15 is 0 Å². The highest BCUT2D eigenvalue weighted by atomic mass is 79.9. The molecular weight excluding hydrogens is 346 g/mol. The SMILES string of the molecule is CCCC(Oc1ccccc1Br)C(O)(OC)[C@@H]1CCCNC1. The standard InChI is InChI=1S/C17H26BrNO3/c1-3-7-16(22-15-10-5-4-9-14(15)18)17(20,21-2)13-8-6-11-19-12-13/h4-5,9-10,13,16,19-20H,3,6-8,11-12H2,1-2H3/t13-,16?,17?/m1/s1. The van der Waals surface area contributed by atoms with Gasteiger partial charge in [-0.05, 0) is 53.9 Å². The molecule has 124 valence electrons. The Bertz CT molecular complexity index is 465. The maximum Gasteiger partial charge on any atom is 0.207 e. The normalized spacial score (nSPS) is 22.8. The molecule has 0 radical (unpaired) electrons. The van der Waals surface area contributed by atoms with Crippen molar-refractivity contribution in [1.29, 1.82) is 0 Å². The number of ether oxygens (including phenoxy) is 2. The highest BCUT2D eigenvalue weighted by Crippen LogP contribution is 2.35. The number of nitrogens with one attached hydrogen (secondary N) is 1. The third-order valence-corrected chi connectivity index (χ3v) is 4.98. The molecule has 1 heterocycles. The molecule has 5 heteroatoms. The van der Waals surface area contributed by atoms with E-state index in [1.54, 1.807) is 7.11 Å². The fourth-order valence-corrected chi connectivity index (χ4v) is 3.45. The first kappa shape index (κ1) is 17.7. The van der Waals surface area contributed by atoms with E-state index < -0.39 is 11.9 Å². The zero-order valence-corrected chi connectivity index (χ0v) is 14.9. The van der Waals surface area contributed by atoms with Crippen LogP contribution in [-0.4, -0.2) is 37.2 Å². The van der Waals surface area contributed by atoms with Gasteiger partial charge in [0.1, 0.15) is 5.75 Å². The van der Waals surface area contributed by atoms with Crippen LogP contribution in [0.4, 0.5) is 0 Å². The molecule has 3 atom stereocenters. The minimum atomic E-state index is -1.28. The molecule has 1 fully saturated rings. The van der Waals surface area contributed by atoms with Gasteiger partial charge in [-0.25, -0.2) is 0 Å². The number of para-hydroxylation sites is 1. The van der Waals surface area contributed by atoms with Crippen molar-refractivity contribution < 1.29 is 14.6 Å². The maximum atomic E-state index is 11.2. The van der Waals surface area contributed by atoms with Crippen molar-refractivity contribution in [3.63, 3.8) is 0 Å². The van der Waals surface area contributed by atoms with E-state index in [0.717, 1.165) is 49.0 Å². The quantitative estimate of drug-likeness (QED) is 0.721. The summed E-state index contributed by atoms with van der Waals surface area (Å²) in [4.78, 5) is 0. The molecule has 1 aromatic rings. The highest BCUT2D eigenvalue weighted by Gasteiger charge is 2.46. The van der Waals surface area contributed by atoms with Crippen LogP contribution in [0.15, 0.2) is 28.7 Å². The molecule has 2 rings (SSSR count). The Labute approximate surface area is 141 Å². The molecule has 0 aromatic heterocycles. The number of rotatable bonds is 7. The lowest BCUT2D eigenvalue weighted by Crippen LogP contribution is -2.57. The summed E-state index contributed by atoms with van der Waals surface area (Å²) in [6.07, 6.45) is 3.25. The first-order valence-electron chi connectivity index (χ1n) is 8.01. The average molecular weight is 372 g/mol. The van der Waals surface area contributed by atoms with Crippen LogP contribution in [0.5, 0.6) is 5.75 Å². The van der Waals surface area contributed by atoms with Crippen molar-refractivity contribution in [3.8, 4) is 5.75 Å². The molecule has 1 aliphatic heterocycles. The smallest absolute Gasteiger partial charge is 0.207 e. The Morgan fingerprint density at radius 1 is 1.45 bits per heavy atom. The van der Waals surface area contributed by atoms with Crippen molar-refractivity contribution in [2.24, 2.45) is 5.92 Å². The molecule has 2 N–H and O–H groups in total. The van der Waals surface area contributed by atoms with Gasteiger partial charge in [0.25, 0.3) is 0 Å². The van der Waals surface area contributed by atoms with Crippen molar-refractivity contribution in [2.45, 2.75) is 44.5 Å². The van der Waals surface area contributed by atoms with Gasteiger partial charge >= 0.3 is 0 Å². The Morgan fingerprint density at radius 2 is 2.23 bits per heavy atom. The van der Waals surface area contributed by atoms with Crippen LogP contribution < -0.4 is 10.1 Å². The van der Waals surface area contributed by atoms with Crippen LogP contribution in [0, 0.1) is 5.92 Å². The van der Waals surface area contributed by atoms with E-state index in [2.05, 4.69) is 28.2 Å². The summed E-state index contributed by atoms with van der Waals surface area (Å²) in [6, 6.07) is 7.71. The van der Waals surface area contributed by atoms with Crippen LogP contribution in [0.25, 0.3) is 0 Å². The number of benzene rings is 1. The second-order valence-electron chi connectivity index (χ2n) is 5.82. The Hall–Kier alpha value is -0.620.